The molecule has 0 saturated heterocycles. The fourth-order valence-corrected chi connectivity index (χ4v) is 2.14. The lowest BCUT2D eigenvalue weighted by molar-refractivity contribution is -0.510. The van der Waals surface area contributed by atoms with E-state index in [-0.39, 0.29) is 5.82 Å². The number of halogens is 1. The van der Waals surface area contributed by atoms with Crippen LogP contribution in [0, 0.1) is 12.7 Å². The first-order chi connectivity index (χ1) is 7.75. The number of hydrogen-bond acceptors (Lipinski definition) is 0. The van der Waals surface area contributed by atoms with Gasteiger partial charge in [0.1, 0.15) is 5.82 Å². The van der Waals surface area contributed by atoms with Crippen molar-refractivity contribution >= 4 is 16.3 Å². The van der Waals surface area contributed by atoms with Gasteiger partial charge in [-0.2, -0.15) is 4.40 Å². The molecule has 0 atom stereocenters. The fourth-order valence-electron chi connectivity index (χ4n) is 2.14. The van der Waals surface area contributed by atoms with Crippen LogP contribution in [0.3, 0.4) is 0 Å². The molecular weight excluding hydrogens is 201 g/mol. The first-order valence-corrected chi connectivity index (χ1v) is 5.24. The van der Waals surface area contributed by atoms with Gasteiger partial charge in [0.05, 0.1) is 0 Å². The number of fused-ring (bicyclic) bond motifs is 2. The first kappa shape index (κ1) is 9.28. The predicted octanol–water partition coefficient (Wildman–Crippen LogP) is 3.03. The molecule has 0 amide bonds. The van der Waals surface area contributed by atoms with Gasteiger partial charge in [0, 0.05) is 28.5 Å². The highest BCUT2D eigenvalue weighted by Gasteiger charge is 2.10. The summed E-state index contributed by atoms with van der Waals surface area (Å²) in [5, 5.41) is 2.04. The molecule has 0 aliphatic heterocycles. The molecule has 0 aliphatic carbocycles. The molecule has 1 nitrogen and oxygen atoms in total. The van der Waals surface area contributed by atoms with Crippen LogP contribution in [0.15, 0.2) is 48.8 Å². The second kappa shape index (κ2) is 3.27. The van der Waals surface area contributed by atoms with E-state index in [0.29, 0.717) is 0 Å². The van der Waals surface area contributed by atoms with Gasteiger partial charge in [-0.25, -0.2) is 4.39 Å². The molecule has 2 heteroatoms. The molecule has 0 fully saturated rings. The van der Waals surface area contributed by atoms with E-state index in [2.05, 4.69) is 4.40 Å². The zero-order chi connectivity index (χ0) is 11.1. The van der Waals surface area contributed by atoms with E-state index in [1.165, 1.54) is 6.07 Å². The van der Waals surface area contributed by atoms with Gasteiger partial charge in [-0.3, -0.25) is 0 Å². The van der Waals surface area contributed by atoms with Crippen LogP contribution < -0.4 is 4.40 Å². The minimum absolute atomic E-state index is 0.184. The summed E-state index contributed by atoms with van der Waals surface area (Å²) in [7, 11) is 0. The third-order valence-electron chi connectivity index (χ3n) is 2.97. The standard InChI is InChI=1S/C14H11FN/c1-10-13-8-12(15)6-5-11(13)9-16-7-3-2-4-14(10)16/h2-9H,1H3/q+1. The summed E-state index contributed by atoms with van der Waals surface area (Å²) in [5.41, 5.74) is 2.22. The number of hydrogen-bond donors (Lipinski definition) is 0. The van der Waals surface area contributed by atoms with Crippen LogP contribution in [-0.4, -0.2) is 0 Å². The van der Waals surface area contributed by atoms with Crippen molar-refractivity contribution in [1.29, 1.82) is 0 Å². The van der Waals surface area contributed by atoms with Crippen molar-refractivity contribution in [3.8, 4) is 0 Å². The third kappa shape index (κ3) is 1.27. The van der Waals surface area contributed by atoms with Crippen molar-refractivity contribution in [3.05, 3.63) is 60.2 Å². The fraction of sp³-hybridized carbons (Fsp3) is 0.0714. The molecule has 78 valence electrons. The van der Waals surface area contributed by atoms with E-state index in [0.717, 1.165) is 21.9 Å². The second-order valence-electron chi connectivity index (χ2n) is 3.98. The van der Waals surface area contributed by atoms with Crippen LogP contribution in [0.1, 0.15) is 5.56 Å². The lowest BCUT2D eigenvalue weighted by Gasteiger charge is -2.01. The maximum atomic E-state index is 13.2. The zero-order valence-corrected chi connectivity index (χ0v) is 8.94. The number of benzene rings is 1. The molecule has 3 rings (SSSR count). The maximum Gasteiger partial charge on any atom is 0.214 e. The van der Waals surface area contributed by atoms with Gasteiger partial charge >= 0.3 is 0 Å². The molecule has 0 N–H and O–H groups in total. The Morgan fingerprint density at radius 3 is 2.88 bits per heavy atom. The predicted molar refractivity (Wildman–Crippen MR) is 61.8 cm³/mol. The summed E-state index contributed by atoms with van der Waals surface area (Å²) in [5.74, 6) is -0.184. The van der Waals surface area contributed by atoms with Gasteiger partial charge in [-0.15, -0.1) is 0 Å². The number of nitrogens with zero attached hydrogens (tertiary/aromatic N) is 1. The van der Waals surface area contributed by atoms with Crippen molar-refractivity contribution in [2.75, 3.05) is 0 Å². The smallest absolute Gasteiger partial charge is 0.207 e. The number of aromatic nitrogens is 1. The Morgan fingerprint density at radius 1 is 1.12 bits per heavy atom. The van der Waals surface area contributed by atoms with Crippen LogP contribution in [-0.2, 0) is 0 Å². The van der Waals surface area contributed by atoms with E-state index < -0.39 is 0 Å². The molecule has 1 aromatic carbocycles. The molecule has 16 heavy (non-hydrogen) atoms. The van der Waals surface area contributed by atoms with E-state index in [1.807, 2.05) is 43.6 Å². The molecule has 2 aromatic heterocycles. The Balaban J connectivity index is 2.56. The van der Waals surface area contributed by atoms with E-state index in [1.54, 1.807) is 6.07 Å². The van der Waals surface area contributed by atoms with E-state index in [9.17, 15) is 4.39 Å². The van der Waals surface area contributed by atoms with Gasteiger partial charge in [-0.05, 0) is 31.2 Å². The maximum absolute atomic E-state index is 13.2. The minimum atomic E-state index is -0.184. The quantitative estimate of drug-likeness (QED) is 0.398. The van der Waals surface area contributed by atoms with E-state index in [4.69, 9.17) is 0 Å². The molecule has 0 aliphatic rings. The topological polar surface area (TPSA) is 4.10 Å². The monoisotopic (exact) mass is 212 g/mol. The SMILES string of the molecule is Cc1c2cc(F)ccc2c[n+]2ccccc12. The highest BCUT2D eigenvalue weighted by molar-refractivity contribution is 5.87. The lowest BCUT2D eigenvalue weighted by atomic mass is 10.1. The summed E-state index contributed by atoms with van der Waals surface area (Å²) in [4.78, 5) is 0. The van der Waals surface area contributed by atoms with Crippen LogP contribution in [0.4, 0.5) is 4.39 Å². The van der Waals surface area contributed by atoms with Crippen molar-refractivity contribution in [1.82, 2.24) is 0 Å². The Bertz CT molecular complexity index is 689. The number of aryl methyl sites for hydroxylation is 1. The zero-order valence-electron chi connectivity index (χ0n) is 8.94. The molecule has 0 saturated carbocycles. The average molecular weight is 212 g/mol. The Kier molecular flexibility index (Phi) is 1.90. The average Bonchev–Trinajstić information content (AvgIpc) is 2.31. The normalized spacial score (nSPS) is 11.1. The third-order valence-corrected chi connectivity index (χ3v) is 2.97. The largest absolute Gasteiger partial charge is 0.214 e. The summed E-state index contributed by atoms with van der Waals surface area (Å²) < 4.78 is 15.3. The first-order valence-electron chi connectivity index (χ1n) is 5.24. The summed E-state index contributed by atoms with van der Waals surface area (Å²) in [6.45, 7) is 2.02. The van der Waals surface area contributed by atoms with E-state index >= 15 is 0 Å². The highest BCUT2D eigenvalue weighted by Crippen LogP contribution is 2.20. The molecule has 0 spiro atoms. The van der Waals surface area contributed by atoms with Gasteiger partial charge < -0.3 is 0 Å². The van der Waals surface area contributed by atoms with Crippen LogP contribution in [0.2, 0.25) is 0 Å². The molecule has 0 bridgehead atoms. The lowest BCUT2D eigenvalue weighted by Crippen LogP contribution is -2.21. The van der Waals surface area contributed by atoms with Crippen LogP contribution >= 0.6 is 0 Å². The molecule has 3 aromatic rings. The van der Waals surface area contributed by atoms with Crippen molar-refractivity contribution < 1.29 is 8.79 Å². The second-order valence-corrected chi connectivity index (χ2v) is 3.98. The van der Waals surface area contributed by atoms with Crippen molar-refractivity contribution in [2.45, 2.75) is 6.92 Å². The van der Waals surface area contributed by atoms with Crippen molar-refractivity contribution in [2.24, 2.45) is 0 Å². The van der Waals surface area contributed by atoms with Gasteiger partial charge in [0.2, 0.25) is 5.52 Å². The van der Waals surface area contributed by atoms with Gasteiger partial charge in [-0.1, -0.05) is 0 Å². The van der Waals surface area contributed by atoms with Crippen molar-refractivity contribution in [3.63, 3.8) is 0 Å². The Hall–Kier alpha value is -1.96. The molecule has 0 unspecified atom stereocenters. The van der Waals surface area contributed by atoms with Gasteiger partial charge in [0.15, 0.2) is 12.4 Å². The van der Waals surface area contributed by atoms with Crippen LogP contribution in [0.5, 0.6) is 0 Å². The minimum Gasteiger partial charge on any atom is -0.207 e. The summed E-state index contributed by atoms with van der Waals surface area (Å²) in [6, 6.07) is 10.9. The summed E-state index contributed by atoms with van der Waals surface area (Å²) in [6.07, 6.45) is 4.03. The highest BCUT2D eigenvalue weighted by atomic mass is 19.1. The molecule has 0 radical (unpaired) electrons. The number of pyridine rings is 2. The van der Waals surface area contributed by atoms with Gasteiger partial charge in [0.25, 0.3) is 0 Å². The summed E-state index contributed by atoms with van der Waals surface area (Å²) >= 11 is 0. The molecule has 2 heterocycles. The molecular formula is C14H11FN+. The Morgan fingerprint density at radius 2 is 2.00 bits per heavy atom. The van der Waals surface area contributed by atoms with Crippen LogP contribution in [0.25, 0.3) is 16.3 Å². The number of rotatable bonds is 0. The Labute approximate surface area is 92.8 Å².